The highest BCUT2D eigenvalue weighted by Crippen LogP contribution is 2.41. The third-order valence-corrected chi connectivity index (χ3v) is 5.33. The maximum Gasteiger partial charge on any atom is 0.286 e. The molecule has 0 fully saturated rings. The Bertz CT molecular complexity index is 1170. The van der Waals surface area contributed by atoms with Gasteiger partial charge in [0.15, 0.2) is 23.0 Å². The van der Waals surface area contributed by atoms with Crippen molar-refractivity contribution in [3.63, 3.8) is 0 Å². The summed E-state index contributed by atoms with van der Waals surface area (Å²) in [5.74, 6) is 1.87. The minimum absolute atomic E-state index is 0.0558. The summed E-state index contributed by atoms with van der Waals surface area (Å²) >= 11 is 0. The van der Waals surface area contributed by atoms with Gasteiger partial charge in [-0.2, -0.15) is 4.98 Å². The molecule has 2 aromatic carbocycles. The second-order valence-corrected chi connectivity index (χ2v) is 6.90. The molecule has 3 aromatic rings. The number of fused-ring (bicyclic) bond motifs is 2. The fourth-order valence-corrected chi connectivity index (χ4v) is 3.80. The van der Waals surface area contributed by atoms with Crippen LogP contribution in [0.4, 0.5) is 5.95 Å². The van der Waals surface area contributed by atoms with Crippen molar-refractivity contribution in [1.29, 1.82) is 0 Å². The Morgan fingerprint density at radius 2 is 1.63 bits per heavy atom. The van der Waals surface area contributed by atoms with E-state index in [4.69, 9.17) is 18.9 Å². The lowest BCUT2D eigenvalue weighted by Crippen LogP contribution is -2.33. The number of nitrogens with zero attached hydrogens (tertiary/aromatic N) is 2. The van der Waals surface area contributed by atoms with Crippen molar-refractivity contribution >= 4 is 16.9 Å². The summed E-state index contributed by atoms with van der Waals surface area (Å²) in [7, 11) is 6.07. The number of rotatable bonds is 5. The van der Waals surface area contributed by atoms with E-state index < -0.39 is 5.56 Å². The van der Waals surface area contributed by atoms with E-state index in [1.807, 2.05) is 17.0 Å². The highest BCUT2D eigenvalue weighted by Gasteiger charge is 2.23. The van der Waals surface area contributed by atoms with Gasteiger partial charge in [-0.25, -0.2) is 0 Å². The predicted molar refractivity (Wildman–Crippen MR) is 111 cm³/mol. The van der Waals surface area contributed by atoms with Crippen LogP contribution in [0, 0.1) is 0 Å². The first kappa shape index (κ1) is 19.7. The summed E-state index contributed by atoms with van der Waals surface area (Å²) in [5.41, 5.74) is 2.10. The zero-order valence-electron chi connectivity index (χ0n) is 17.2. The van der Waals surface area contributed by atoms with E-state index in [2.05, 4.69) is 9.97 Å². The summed E-state index contributed by atoms with van der Waals surface area (Å²) in [6, 6.07) is 5.54. The fraction of sp³-hybridized carbons (Fsp3) is 0.333. The zero-order chi connectivity index (χ0) is 21.4. The third-order valence-electron chi connectivity index (χ3n) is 5.33. The smallest absolute Gasteiger partial charge is 0.286 e. The highest BCUT2D eigenvalue weighted by molar-refractivity contribution is 5.90. The van der Waals surface area contributed by atoms with Crippen LogP contribution >= 0.6 is 0 Å². The van der Waals surface area contributed by atoms with E-state index in [-0.39, 0.29) is 16.9 Å². The average Bonchev–Trinajstić information content (AvgIpc) is 2.76. The van der Waals surface area contributed by atoms with Crippen molar-refractivity contribution in [2.75, 3.05) is 39.9 Å². The van der Waals surface area contributed by atoms with Crippen LogP contribution in [0.15, 0.2) is 23.0 Å². The Hall–Kier alpha value is -3.62. The van der Waals surface area contributed by atoms with Crippen molar-refractivity contribution in [1.82, 2.24) is 9.97 Å². The second kappa shape index (κ2) is 7.66. The number of anilines is 1. The number of phenols is 1. The molecule has 0 unspecified atom stereocenters. The molecule has 0 atom stereocenters. The van der Waals surface area contributed by atoms with E-state index in [9.17, 15) is 9.90 Å². The van der Waals surface area contributed by atoms with Gasteiger partial charge in [0, 0.05) is 19.2 Å². The number of aromatic hydroxyl groups is 1. The molecule has 0 spiro atoms. The standard InChI is InChI=1S/C21H23N3O6/c1-27-14-7-11-5-6-24(10-12(11)8-15(14)28-2)21-22-13-9-16(29-3)19(30-4)18(25)17(13)20(26)23-21/h7-9,25H,5-6,10H2,1-4H3,(H,22,23,26). The fourth-order valence-electron chi connectivity index (χ4n) is 3.80. The number of methoxy groups -OCH3 is 4. The average molecular weight is 413 g/mol. The van der Waals surface area contributed by atoms with Crippen LogP contribution in [-0.2, 0) is 13.0 Å². The number of nitrogens with one attached hydrogen (secondary N) is 1. The molecule has 0 aliphatic carbocycles. The summed E-state index contributed by atoms with van der Waals surface area (Å²) in [5, 5.41) is 10.5. The van der Waals surface area contributed by atoms with Crippen molar-refractivity contribution < 1.29 is 24.1 Å². The minimum Gasteiger partial charge on any atom is -0.504 e. The van der Waals surface area contributed by atoms with Crippen LogP contribution in [0.5, 0.6) is 28.7 Å². The number of aromatic nitrogens is 2. The summed E-state index contributed by atoms with van der Waals surface area (Å²) in [6.45, 7) is 1.21. The summed E-state index contributed by atoms with van der Waals surface area (Å²) in [4.78, 5) is 22.0. The first-order valence-corrected chi connectivity index (χ1v) is 9.37. The molecule has 9 nitrogen and oxygen atoms in total. The van der Waals surface area contributed by atoms with Crippen molar-refractivity contribution in [2.45, 2.75) is 13.0 Å². The van der Waals surface area contributed by atoms with E-state index in [0.29, 0.717) is 41.8 Å². The first-order valence-electron chi connectivity index (χ1n) is 9.37. The lowest BCUT2D eigenvalue weighted by Gasteiger charge is -2.30. The normalized spacial score (nSPS) is 13.1. The molecular weight excluding hydrogens is 390 g/mol. The monoisotopic (exact) mass is 413 g/mol. The topological polar surface area (TPSA) is 106 Å². The van der Waals surface area contributed by atoms with Crippen LogP contribution in [-0.4, -0.2) is 50.1 Å². The molecule has 4 rings (SSSR count). The molecule has 1 aliphatic heterocycles. The number of H-pyrrole nitrogens is 1. The summed E-state index contributed by atoms with van der Waals surface area (Å²) < 4.78 is 21.2. The lowest BCUT2D eigenvalue weighted by molar-refractivity contribution is 0.335. The number of ether oxygens (including phenoxy) is 4. The second-order valence-electron chi connectivity index (χ2n) is 6.90. The van der Waals surface area contributed by atoms with E-state index in [1.54, 1.807) is 20.3 Å². The van der Waals surface area contributed by atoms with Gasteiger partial charge in [0.05, 0.1) is 34.0 Å². The van der Waals surface area contributed by atoms with Crippen LogP contribution in [0.1, 0.15) is 11.1 Å². The number of aromatic amines is 1. The molecule has 30 heavy (non-hydrogen) atoms. The molecule has 0 amide bonds. The predicted octanol–water partition coefficient (Wildman–Crippen LogP) is 2.23. The molecule has 9 heteroatoms. The SMILES string of the molecule is COc1cc2c(cc1OC)CN(c1nc(=O)c3c(O)c(OC)c(OC)cc3[nH]1)CC2. The highest BCUT2D eigenvalue weighted by atomic mass is 16.5. The van der Waals surface area contributed by atoms with Crippen LogP contribution in [0.2, 0.25) is 0 Å². The molecular formula is C21H23N3O6. The van der Waals surface area contributed by atoms with Crippen molar-refractivity contribution in [3.8, 4) is 28.7 Å². The van der Waals surface area contributed by atoms with Crippen molar-refractivity contribution in [2.24, 2.45) is 0 Å². The first-order chi connectivity index (χ1) is 14.5. The maximum absolute atomic E-state index is 12.7. The zero-order valence-corrected chi connectivity index (χ0v) is 17.2. The van der Waals surface area contributed by atoms with Crippen LogP contribution in [0.25, 0.3) is 10.9 Å². The van der Waals surface area contributed by atoms with E-state index in [0.717, 1.165) is 17.5 Å². The quantitative estimate of drug-likeness (QED) is 0.656. The van der Waals surface area contributed by atoms with Gasteiger partial charge in [-0.3, -0.25) is 4.79 Å². The van der Waals surface area contributed by atoms with Gasteiger partial charge in [0.25, 0.3) is 5.56 Å². The molecule has 158 valence electrons. The number of hydrogen-bond acceptors (Lipinski definition) is 8. The maximum atomic E-state index is 12.7. The summed E-state index contributed by atoms with van der Waals surface area (Å²) in [6.07, 6.45) is 0.759. The van der Waals surface area contributed by atoms with E-state index >= 15 is 0 Å². The minimum atomic E-state index is -0.546. The van der Waals surface area contributed by atoms with Gasteiger partial charge < -0.3 is 33.9 Å². The molecule has 0 radical (unpaired) electrons. The Morgan fingerprint density at radius 3 is 2.27 bits per heavy atom. The molecule has 2 heterocycles. The van der Waals surface area contributed by atoms with Crippen molar-refractivity contribution in [3.05, 3.63) is 39.7 Å². The van der Waals surface area contributed by atoms with Crippen LogP contribution in [0.3, 0.4) is 0 Å². The molecule has 0 saturated carbocycles. The Balaban J connectivity index is 1.77. The largest absolute Gasteiger partial charge is 0.504 e. The number of phenolic OH excluding ortho intramolecular Hbond substituents is 1. The van der Waals surface area contributed by atoms with Gasteiger partial charge in [-0.05, 0) is 29.7 Å². The van der Waals surface area contributed by atoms with Crippen LogP contribution < -0.4 is 29.4 Å². The van der Waals surface area contributed by atoms with Gasteiger partial charge in [0.1, 0.15) is 5.39 Å². The van der Waals surface area contributed by atoms with Gasteiger partial charge in [-0.1, -0.05) is 0 Å². The Kier molecular flexibility index (Phi) is 5.03. The van der Waals surface area contributed by atoms with Gasteiger partial charge >= 0.3 is 0 Å². The molecule has 0 bridgehead atoms. The lowest BCUT2D eigenvalue weighted by atomic mass is 9.99. The van der Waals surface area contributed by atoms with Gasteiger partial charge in [0.2, 0.25) is 11.7 Å². The molecule has 0 saturated heterocycles. The van der Waals surface area contributed by atoms with Gasteiger partial charge in [-0.15, -0.1) is 0 Å². The molecule has 2 N–H and O–H groups in total. The molecule has 1 aliphatic rings. The Morgan fingerprint density at radius 1 is 0.967 bits per heavy atom. The molecule has 1 aromatic heterocycles. The number of benzene rings is 2. The van der Waals surface area contributed by atoms with E-state index in [1.165, 1.54) is 14.2 Å². The Labute approximate surface area is 172 Å². The number of hydrogen-bond donors (Lipinski definition) is 2. The third kappa shape index (κ3) is 3.12.